The van der Waals surface area contributed by atoms with E-state index < -0.39 is 11.7 Å². The van der Waals surface area contributed by atoms with Crippen LogP contribution in [0.3, 0.4) is 0 Å². The van der Waals surface area contributed by atoms with Crippen molar-refractivity contribution in [3.8, 4) is 0 Å². The number of carbonyl (C=O) groups excluding carboxylic acids is 1. The molecule has 18 heavy (non-hydrogen) atoms. The fourth-order valence-electron chi connectivity index (χ4n) is 1.85. The fourth-order valence-corrected chi connectivity index (χ4v) is 1.85. The minimum Gasteiger partial charge on any atom is -0.378 e. The van der Waals surface area contributed by atoms with Crippen LogP contribution in [0, 0.1) is 5.82 Å². The standard InChI is InChI=1S/C11H15FN4O2/c1-14-10-7(9(13)17)6-8(12)11(15-10)16-2-4-18-5-3-16/h6H,2-5H2,1H3,(H2,13,17)(H,14,15). The highest BCUT2D eigenvalue weighted by Crippen LogP contribution is 2.23. The van der Waals surface area contributed by atoms with E-state index in [1.165, 1.54) is 0 Å². The van der Waals surface area contributed by atoms with Crippen molar-refractivity contribution < 1.29 is 13.9 Å². The molecule has 0 spiro atoms. The van der Waals surface area contributed by atoms with Crippen LogP contribution in [0.25, 0.3) is 0 Å². The predicted octanol–water partition coefficient (Wildman–Crippen LogP) is 0.198. The Morgan fingerprint density at radius 2 is 2.22 bits per heavy atom. The van der Waals surface area contributed by atoms with E-state index in [0.717, 1.165) is 6.07 Å². The number of rotatable bonds is 3. The van der Waals surface area contributed by atoms with Crippen LogP contribution in [-0.4, -0.2) is 44.2 Å². The summed E-state index contributed by atoms with van der Waals surface area (Å²) in [6.07, 6.45) is 0. The molecule has 6 nitrogen and oxygen atoms in total. The Morgan fingerprint density at radius 1 is 1.56 bits per heavy atom. The summed E-state index contributed by atoms with van der Waals surface area (Å²) in [5.74, 6) is -0.762. The quantitative estimate of drug-likeness (QED) is 0.805. The molecule has 0 unspecified atom stereocenters. The van der Waals surface area contributed by atoms with Crippen molar-refractivity contribution in [2.45, 2.75) is 0 Å². The van der Waals surface area contributed by atoms with Gasteiger partial charge in [-0.05, 0) is 6.07 Å². The van der Waals surface area contributed by atoms with Gasteiger partial charge < -0.3 is 20.7 Å². The van der Waals surface area contributed by atoms with Crippen LogP contribution in [0.5, 0.6) is 0 Å². The van der Waals surface area contributed by atoms with Crippen LogP contribution in [0.15, 0.2) is 6.07 Å². The van der Waals surface area contributed by atoms with Crippen molar-refractivity contribution in [3.63, 3.8) is 0 Å². The lowest BCUT2D eigenvalue weighted by Crippen LogP contribution is -2.37. The second-order valence-corrected chi connectivity index (χ2v) is 3.90. The van der Waals surface area contributed by atoms with Crippen molar-refractivity contribution >= 4 is 17.5 Å². The van der Waals surface area contributed by atoms with Crippen molar-refractivity contribution in [3.05, 3.63) is 17.4 Å². The highest BCUT2D eigenvalue weighted by Gasteiger charge is 2.20. The minimum atomic E-state index is -0.709. The maximum absolute atomic E-state index is 13.9. The molecular weight excluding hydrogens is 239 g/mol. The first-order valence-electron chi connectivity index (χ1n) is 5.64. The normalized spacial score (nSPS) is 15.6. The van der Waals surface area contributed by atoms with Gasteiger partial charge in [0.05, 0.1) is 18.8 Å². The maximum atomic E-state index is 13.9. The maximum Gasteiger partial charge on any atom is 0.252 e. The molecule has 1 saturated heterocycles. The molecule has 1 aliphatic heterocycles. The van der Waals surface area contributed by atoms with Crippen molar-refractivity contribution in [2.75, 3.05) is 43.6 Å². The topological polar surface area (TPSA) is 80.5 Å². The second kappa shape index (κ2) is 5.18. The molecule has 0 radical (unpaired) electrons. The highest BCUT2D eigenvalue weighted by atomic mass is 19.1. The van der Waals surface area contributed by atoms with Crippen molar-refractivity contribution in [1.82, 2.24) is 4.98 Å². The molecule has 2 heterocycles. The van der Waals surface area contributed by atoms with Gasteiger partial charge in [0.1, 0.15) is 5.82 Å². The van der Waals surface area contributed by atoms with Gasteiger partial charge in [-0.1, -0.05) is 0 Å². The van der Waals surface area contributed by atoms with Gasteiger partial charge in [-0.15, -0.1) is 0 Å². The van der Waals surface area contributed by atoms with Gasteiger partial charge in [0.15, 0.2) is 11.6 Å². The lowest BCUT2D eigenvalue weighted by Gasteiger charge is -2.28. The van der Waals surface area contributed by atoms with Crippen LogP contribution in [-0.2, 0) is 4.74 Å². The number of anilines is 2. The molecule has 2 rings (SSSR count). The second-order valence-electron chi connectivity index (χ2n) is 3.90. The summed E-state index contributed by atoms with van der Waals surface area (Å²) < 4.78 is 19.1. The Morgan fingerprint density at radius 3 is 2.78 bits per heavy atom. The number of aromatic nitrogens is 1. The summed E-state index contributed by atoms with van der Waals surface area (Å²) >= 11 is 0. The van der Waals surface area contributed by atoms with E-state index in [1.54, 1.807) is 11.9 Å². The number of ether oxygens (including phenoxy) is 1. The number of nitrogens with two attached hydrogens (primary N) is 1. The summed E-state index contributed by atoms with van der Waals surface area (Å²) in [6.45, 7) is 2.22. The summed E-state index contributed by atoms with van der Waals surface area (Å²) in [5, 5.41) is 2.75. The van der Waals surface area contributed by atoms with Crippen molar-refractivity contribution in [1.29, 1.82) is 0 Å². The van der Waals surface area contributed by atoms with E-state index in [-0.39, 0.29) is 17.2 Å². The number of pyridine rings is 1. The third-order valence-corrected chi connectivity index (χ3v) is 2.77. The van der Waals surface area contributed by atoms with E-state index in [1.807, 2.05) is 0 Å². The molecular formula is C11H15FN4O2. The number of carbonyl (C=O) groups is 1. The largest absolute Gasteiger partial charge is 0.378 e. The van der Waals surface area contributed by atoms with Crippen molar-refractivity contribution in [2.24, 2.45) is 5.73 Å². The molecule has 0 bridgehead atoms. The zero-order chi connectivity index (χ0) is 13.1. The fraction of sp³-hybridized carbons (Fsp3) is 0.455. The Balaban J connectivity index is 2.39. The summed E-state index contributed by atoms with van der Waals surface area (Å²) in [4.78, 5) is 17.1. The number of nitrogens with one attached hydrogen (secondary N) is 1. The lowest BCUT2D eigenvalue weighted by molar-refractivity contribution is 0.1000. The number of primary amides is 1. The summed E-state index contributed by atoms with van der Waals surface area (Å²) in [7, 11) is 1.61. The molecule has 0 aliphatic carbocycles. The molecule has 7 heteroatoms. The molecule has 0 saturated carbocycles. The van der Waals surface area contributed by atoms with Crippen LogP contribution >= 0.6 is 0 Å². The molecule has 1 aromatic heterocycles. The first kappa shape index (κ1) is 12.6. The SMILES string of the molecule is CNc1nc(N2CCOCC2)c(F)cc1C(N)=O. The van der Waals surface area contributed by atoms with E-state index in [4.69, 9.17) is 10.5 Å². The minimum absolute atomic E-state index is 0.0482. The zero-order valence-electron chi connectivity index (χ0n) is 10.1. The summed E-state index contributed by atoms with van der Waals surface area (Å²) in [6, 6.07) is 1.12. The Kier molecular flexibility index (Phi) is 3.61. The lowest BCUT2D eigenvalue weighted by atomic mass is 10.2. The highest BCUT2D eigenvalue weighted by molar-refractivity contribution is 5.97. The van der Waals surface area contributed by atoms with E-state index in [9.17, 15) is 9.18 Å². The van der Waals surface area contributed by atoms with Crippen LogP contribution in [0.2, 0.25) is 0 Å². The Labute approximate surface area is 104 Å². The van der Waals surface area contributed by atoms with E-state index in [0.29, 0.717) is 26.3 Å². The number of halogens is 1. The van der Waals surface area contributed by atoms with Gasteiger partial charge in [-0.3, -0.25) is 4.79 Å². The molecule has 1 aliphatic rings. The average molecular weight is 254 g/mol. The molecule has 0 aromatic carbocycles. The Bertz CT molecular complexity index is 461. The van der Waals surface area contributed by atoms with Gasteiger partial charge in [0.2, 0.25) is 0 Å². The average Bonchev–Trinajstić information content (AvgIpc) is 2.39. The smallest absolute Gasteiger partial charge is 0.252 e. The van der Waals surface area contributed by atoms with Gasteiger partial charge in [-0.25, -0.2) is 9.37 Å². The number of hydrogen-bond donors (Lipinski definition) is 2. The van der Waals surface area contributed by atoms with Crippen LogP contribution in [0.1, 0.15) is 10.4 Å². The molecule has 98 valence electrons. The van der Waals surface area contributed by atoms with Gasteiger partial charge in [0.25, 0.3) is 5.91 Å². The third-order valence-electron chi connectivity index (χ3n) is 2.77. The van der Waals surface area contributed by atoms with Gasteiger partial charge >= 0.3 is 0 Å². The number of hydrogen-bond acceptors (Lipinski definition) is 5. The molecule has 3 N–H and O–H groups in total. The third kappa shape index (κ3) is 2.35. The molecule has 1 fully saturated rings. The van der Waals surface area contributed by atoms with E-state index >= 15 is 0 Å². The molecule has 0 atom stereocenters. The predicted molar refractivity (Wildman–Crippen MR) is 65.3 cm³/mol. The van der Waals surface area contributed by atoms with Crippen LogP contribution < -0.4 is 16.0 Å². The van der Waals surface area contributed by atoms with Gasteiger partial charge in [-0.2, -0.15) is 0 Å². The molecule has 1 aromatic rings. The first-order chi connectivity index (χ1) is 8.63. The van der Waals surface area contributed by atoms with Crippen LogP contribution in [0.4, 0.5) is 16.0 Å². The first-order valence-corrected chi connectivity index (χ1v) is 5.64. The monoisotopic (exact) mass is 254 g/mol. The number of amides is 1. The van der Waals surface area contributed by atoms with E-state index in [2.05, 4.69) is 10.3 Å². The number of nitrogens with zero attached hydrogens (tertiary/aromatic N) is 2. The summed E-state index contributed by atoms with van der Waals surface area (Å²) in [5.41, 5.74) is 5.22. The zero-order valence-corrected chi connectivity index (χ0v) is 10.1. The number of morpholine rings is 1. The molecule has 1 amide bonds. The Hall–Kier alpha value is -1.89. The van der Waals surface area contributed by atoms with Gasteiger partial charge in [0, 0.05) is 20.1 Å².